The lowest BCUT2D eigenvalue weighted by molar-refractivity contribution is -0.147. The van der Waals surface area contributed by atoms with E-state index in [0.717, 1.165) is 83.5 Å². The molecule has 55 heavy (non-hydrogen) atoms. The monoisotopic (exact) mass is 771 g/mol. The Balaban J connectivity index is 4.42. The van der Waals surface area contributed by atoms with Gasteiger partial charge in [0.05, 0.1) is 13.2 Å². The number of carboxylic acid groups (broad SMARTS) is 1. The molecule has 0 rings (SSSR count). The number of aliphatic hydroxyl groups excluding tert-OH is 1. The molecule has 0 aliphatic rings. The van der Waals surface area contributed by atoms with Gasteiger partial charge in [-0.15, -0.1) is 0 Å². The van der Waals surface area contributed by atoms with Gasteiger partial charge in [0.25, 0.3) is 0 Å². The molecule has 2 amide bonds. The fraction of sp³-hybridized carbons (Fsp3) is 0.696. The van der Waals surface area contributed by atoms with Crippen LogP contribution in [0.3, 0.4) is 0 Å². The number of hydrogen-bond acceptors (Lipinski definition) is 6. The lowest BCUT2D eigenvalue weighted by atomic mass is 10.1. The van der Waals surface area contributed by atoms with Gasteiger partial charge in [-0.3, -0.25) is 14.4 Å². The molecule has 0 bridgehead atoms. The van der Waals surface area contributed by atoms with Gasteiger partial charge >= 0.3 is 11.9 Å². The molecule has 0 aromatic rings. The van der Waals surface area contributed by atoms with Gasteiger partial charge in [-0.25, -0.2) is 4.79 Å². The highest BCUT2D eigenvalue weighted by Crippen LogP contribution is 2.15. The van der Waals surface area contributed by atoms with E-state index in [1.165, 1.54) is 64.2 Å². The smallest absolute Gasteiger partial charge is 0.328 e. The molecule has 0 saturated heterocycles. The maximum atomic E-state index is 12.7. The van der Waals surface area contributed by atoms with Gasteiger partial charge in [0.1, 0.15) is 12.1 Å². The van der Waals surface area contributed by atoms with Crippen LogP contribution < -0.4 is 10.6 Å². The first-order valence-corrected chi connectivity index (χ1v) is 21.7. The number of nitrogens with one attached hydrogen (secondary N) is 2. The highest BCUT2D eigenvalue weighted by atomic mass is 16.5. The van der Waals surface area contributed by atoms with Crippen LogP contribution in [-0.4, -0.2) is 59.3 Å². The molecule has 0 spiro atoms. The number of unbranched alkanes of at least 4 members (excludes halogenated alkanes) is 16. The lowest BCUT2D eigenvalue weighted by Gasteiger charge is -2.15. The molecule has 0 heterocycles. The number of esters is 1. The molecule has 0 aromatic carbocycles. The number of carbonyl (C=O) groups excluding carboxylic acids is 3. The minimum Gasteiger partial charge on any atom is -0.480 e. The molecular weight excluding hydrogens is 693 g/mol. The molecule has 0 radical (unpaired) electrons. The number of amides is 2. The van der Waals surface area contributed by atoms with Crippen molar-refractivity contribution in [3.05, 3.63) is 60.8 Å². The summed E-state index contributed by atoms with van der Waals surface area (Å²) in [6, 6.07) is -1.39. The van der Waals surface area contributed by atoms with Gasteiger partial charge in [-0.05, 0) is 83.1 Å². The lowest BCUT2D eigenvalue weighted by Crippen LogP contribution is -2.47. The van der Waals surface area contributed by atoms with Crippen LogP contribution in [0.2, 0.25) is 0 Å². The van der Waals surface area contributed by atoms with E-state index in [4.69, 9.17) is 14.9 Å². The Hall–Kier alpha value is -3.46. The molecule has 0 fully saturated rings. The van der Waals surface area contributed by atoms with E-state index < -0.39 is 24.5 Å². The quantitative estimate of drug-likeness (QED) is 0.0278. The first kappa shape index (κ1) is 51.5. The molecule has 0 saturated carbocycles. The highest BCUT2D eigenvalue weighted by molar-refractivity contribution is 5.87. The number of carbonyl (C=O) groups is 4. The Kier molecular flexibility index (Phi) is 37.7. The van der Waals surface area contributed by atoms with Gasteiger partial charge < -0.3 is 25.6 Å². The Morgan fingerprint density at radius 2 is 1.09 bits per heavy atom. The molecule has 9 heteroatoms. The van der Waals surface area contributed by atoms with E-state index in [2.05, 4.69) is 79.2 Å². The van der Waals surface area contributed by atoms with Crippen molar-refractivity contribution in [2.45, 2.75) is 193 Å². The molecule has 2 atom stereocenters. The zero-order chi connectivity index (χ0) is 40.5. The van der Waals surface area contributed by atoms with E-state index in [1.807, 2.05) is 6.08 Å². The number of hydrogen-bond donors (Lipinski definition) is 4. The van der Waals surface area contributed by atoms with E-state index in [1.54, 1.807) is 0 Å². The van der Waals surface area contributed by atoms with Crippen LogP contribution in [0.4, 0.5) is 0 Å². The van der Waals surface area contributed by atoms with Crippen molar-refractivity contribution in [3.8, 4) is 0 Å². The topological polar surface area (TPSA) is 142 Å². The first-order valence-electron chi connectivity index (χ1n) is 21.7. The van der Waals surface area contributed by atoms with E-state index in [0.29, 0.717) is 12.8 Å². The molecule has 0 aromatic heterocycles. The zero-order valence-corrected chi connectivity index (χ0v) is 34.7. The van der Waals surface area contributed by atoms with Crippen LogP contribution in [0.15, 0.2) is 60.8 Å². The number of aliphatic hydroxyl groups is 1. The second-order valence-electron chi connectivity index (χ2n) is 14.4. The van der Waals surface area contributed by atoms with Crippen molar-refractivity contribution in [1.82, 2.24) is 10.6 Å². The number of aliphatic carboxylic acids is 1. The van der Waals surface area contributed by atoms with Crippen LogP contribution in [0.1, 0.15) is 181 Å². The highest BCUT2D eigenvalue weighted by Gasteiger charge is 2.18. The SMILES string of the molecule is CC/C=C\C/C=C\C/C=C\C/C=C\C(CCCCCCCC(=O)NCC(=O)NC(CO)C(=O)O)OC(=O)CCCCCCC/C=C\CCCCCCCCC. The minimum absolute atomic E-state index is 0.129. The maximum absolute atomic E-state index is 12.7. The summed E-state index contributed by atoms with van der Waals surface area (Å²) < 4.78 is 5.91. The van der Waals surface area contributed by atoms with Crippen molar-refractivity contribution in [3.63, 3.8) is 0 Å². The van der Waals surface area contributed by atoms with Crippen molar-refractivity contribution < 1.29 is 34.1 Å². The second-order valence-corrected chi connectivity index (χ2v) is 14.4. The third kappa shape index (κ3) is 37.2. The summed E-state index contributed by atoms with van der Waals surface area (Å²) in [5.41, 5.74) is 0. The maximum Gasteiger partial charge on any atom is 0.328 e. The summed E-state index contributed by atoms with van der Waals surface area (Å²) in [6.07, 6.45) is 48.4. The van der Waals surface area contributed by atoms with E-state index in [9.17, 15) is 19.2 Å². The van der Waals surface area contributed by atoms with Gasteiger partial charge in [0.15, 0.2) is 0 Å². The van der Waals surface area contributed by atoms with Crippen molar-refractivity contribution in [2.75, 3.05) is 13.2 Å². The largest absolute Gasteiger partial charge is 0.480 e. The third-order valence-corrected chi connectivity index (χ3v) is 9.23. The summed E-state index contributed by atoms with van der Waals surface area (Å²) in [5.74, 6) is -2.41. The average Bonchev–Trinajstić information content (AvgIpc) is 3.17. The van der Waals surface area contributed by atoms with Crippen LogP contribution in [-0.2, 0) is 23.9 Å². The Morgan fingerprint density at radius 3 is 1.65 bits per heavy atom. The van der Waals surface area contributed by atoms with Crippen molar-refractivity contribution in [1.29, 1.82) is 0 Å². The normalized spacial score (nSPS) is 13.1. The van der Waals surface area contributed by atoms with Gasteiger partial charge in [0, 0.05) is 12.8 Å². The Bertz CT molecular complexity index is 1110. The summed E-state index contributed by atoms with van der Waals surface area (Å²) in [7, 11) is 0. The third-order valence-electron chi connectivity index (χ3n) is 9.23. The van der Waals surface area contributed by atoms with Crippen LogP contribution in [0, 0.1) is 0 Å². The Labute approximate surface area is 334 Å². The number of allylic oxidation sites excluding steroid dienone is 9. The second kappa shape index (κ2) is 40.2. The average molecular weight is 771 g/mol. The molecule has 0 aliphatic heterocycles. The molecule has 4 N–H and O–H groups in total. The van der Waals surface area contributed by atoms with Crippen molar-refractivity contribution >= 4 is 23.8 Å². The summed E-state index contributed by atoms with van der Waals surface area (Å²) >= 11 is 0. The van der Waals surface area contributed by atoms with Crippen molar-refractivity contribution in [2.24, 2.45) is 0 Å². The fourth-order valence-corrected chi connectivity index (χ4v) is 5.91. The summed E-state index contributed by atoms with van der Waals surface area (Å²) in [4.78, 5) is 47.5. The molecule has 9 nitrogen and oxygen atoms in total. The van der Waals surface area contributed by atoms with Crippen LogP contribution in [0.5, 0.6) is 0 Å². The first-order chi connectivity index (χ1) is 26.8. The van der Waals surface area contributed by atoms with Gasteiger partial charge in [-0.1, -0.05) is 146 Å². The predicted octanol–water partition coefficient (Wildman–Crippen LogP) is 10.5. The standard InChI is InChI=1S/C46H78N2O7/c1-3-5-7-9-11-13-15-16-17-18-19-21-23-25-30-34-38-45(52)55-41(35-31-27-24-22-20-14-12-10-8-6-4-2)36-32-28-26-29-33-37-43(50)47-39-44(51)48-42(40-49)46(53)54/h6,8,12,14,17-18,22,24,31,35,41-42,49H,3-5,7,9-11,13,15-16,19-21,23,25-30,32-34,36-40H2,1-2H3,(H,47,50)(H,48,51)(H,53,54)/b8-6-,14-12-,18-17-,24-22-,35-31-. The molecular formula is C46H78N2O7. The Morgan fingerprint density at radius 1 is 0.582 bits per heavy atom. The minimum atomic E-state index is -1.39. The number of carboxylic acids is 1. The van der Waals surface area contributed by atoms with Crippen LogP contribution >= 0.6 is 0 Å². The van der Waals surface area contributed by atoms with Gasteiger partial charge in [0.2, 0.25) is 11.8 Å². The molecule has 0 aliphatic carbocycles. The molecule has 2 unspecified atom stereocenters. The summed E-state index contributed by atoms with van der Waals surface area (Å²) in [6.45, 7) is 3.34. The number of rotatable bonds is 38. The van der Waals surface area contributed by atoms with Gasteiger partial charge in [-0.2, -0.15) is 0 Å². The van der Waals surface area contributed by atoms with E-state index >= 15 is 0 Å². The van der Waals surface area contributed by atoms with Crippen LogP contribution in [0.25, 0.3) is 0 Å². The summed E-state index contributed by atoms with van der Waals surface area (Å²) in [5, 5.41) is 22.5. The predicted molar refractivity (Wildman–Crippen MR) is 227 cm³/mol. The van der Waals surface area contributed by atoms with E-state index in [-0.39, 0.29) is 30.9 Å². The molecule has 314 valence electrons. The zero-order valence-electron chi connectivity index (χ0n) is 34.7. The fourth-order valence-electron chi connectivity index (χ4n) is 5.91. The number of ether oxygens (including phenoxy) is 1.